The summed E-state index contributed by atoms with van der Waals surface area (Å²) in [5, 5.41) is 0. The molecule has 2 aromatic carbocycles. The van der Waals surface area contributed by atoms with Crippen molar-refractivity contribution in [3.8, 4) is 11.4 Å². The van der Waals surface area contributed by atoms with E-state index in [9.17, 15) is 9.59 Å². The molecule has 1 saturated carbocycles. The average Bonchev–Trinajstić information content (AvgIpc) is 3.21. The molecule has 0 atom stereocenters. The first-order valence-electron chi connectivity index (χ1n) is 10.5. The third kappa shape index (κ3) is 4.37. The number of nitrogens with zero attached hydrogens (tertiary/aromatic N) is 2. The van der Waals surface area contributed by atoms with Gasteiger partial charge < -0.3 is 14.6 Å². The monoisotopic (exact) mass is 405 g/mol. The fourth-order valence-electron chi connectivity index (χ4n) is 3.97. The van der Waals surface area contributed by atoms with Crippen LogP contribution in [0.25, 0.3) is 22.4 Å². The lowest BCUT2D eigenvalue weighted by molar-refractivity contribution is -0.135. The maximum Gasteiger partial charge on any atom is 0.338 e. The van der Waals surface area contributed by atoms with E-state index in [2.05, 4.69) is 9.97 Å². The Morgan fingerprint density at radius 1 is 1.10 bits per heavy atom. The number of carbonyl (C=O) groups is 2. The lowest BCUT2D eigenvalue weighted by Crippen LogP contribution is -2.40. The van der Waals surface area contributed by atoms with Gasteiger partial charge in [0.05, 0.1) is 16.6 Å². The predicted octanol–water partition coefficient (Wildman–Crippen LogP) is 4.49. The van der Waals surface area contributed by atoms with Gasteiger partial charge in [-0.25, -0.2) is 9.78 Å². The van der Waals surface area contributed by atoms with E-state index in [-0.39, 0.29) is 18.6 Å². The first kappa shape index (κ1) is 20.1. The van der Waals surface area contributed by atoms with Crippen LogP contribution in [-0.4, -0.2) is 46.4 Å². The number of benzene rings is 2. The van der Waals surface area contributed by atoms with Gasteiger partial charge in [-0.15, -0.1) is 0 Å². The number of esters is 1. The van der Waals surface area contributed by atoms with Gasteiger partial charge in [-0.3, -0.25) is 4.79 Å². The van der Waals surface area contributed by atoms with Gasteiger partial charge in [-0.1, -0.05) is 49.1 Å². The minimum absolute atomic E-state index is 0.153. The molecule has 1 amide bonds. The molecule has 156 valence electrons. The third-order valence-electron chi connectivity index (χ3n) is 5.89. The quantitative estimate of drug-likeness (QED) is 0.635. The van der Waals surface area contributed by atoms with Crippen molar-refractivity contribution >= 4 is 22.9 Å². The standard InChI is InChI=1S/C24H27N3O3/c1-16-8-10-17(11-9-16)23-25-20-13-12-18(14-21(20)26-23)24(29)30-15-22(28)27(2)19-6-4-3-5-7-19/h8-14,19H,3-7,15H2,1-2H3,(H,25,26). The molecule has 0 unspecified atom stereocenters. The van der Waals surface area contributed by atoms with Crippen LogP contribution < -0.4 is 0 Å². The first-order valence-corrected chi connectivity index (χ1v) is 10.5. The van der Waals surface area contributed by atoms with Crippen LogP contribution in [0.4, 0.5) is 0 Å². The summed E-state index contributed by atoms with van der Waals surface area (Å²) in [6.45, 7) is 1.80. The van der Waals surface area contributed by atoms with Crippen molar-refractivity contribution in [1.82, 2.24) is 14.9 Å². The Balaban J connectivity index is 1.41. The number of aromatic nitrogens is 2. The third-order valence-corrected chi connectivity index (χ3v) is 5.89. The number of rotatable bonds is 5. The largest absolute Gasteiger partial charge is 0.452 e. The summed E-state index contributed by atoms with van der Waals surface area (Å²) in [6, 6.07) is 13.5. The molecule has 4 rings (SSSR count). The molecule has 30 heavy (non-hydrogen) atoms. The molecule has 1 N–H and O–H groups in total. The summed E-state index contributed by atoms with van der Waals surface area (Å²) in [7, 11) is 1.80. The molecule has 0 spiro atoms. The van der Waals surface area contributed by atoms with Crippen molar-refractivity contribution in [2.45, 2.75) is 45.1 Å². The van der Waals surface area contributed by atoms with Crippen LogP contribution >= 0.6 is 0 Å². The Morgan fingerprint density at radius 3 is 2.57 bits per heavy atom. The van der Waals surface area contributed by atoms with Gasteiger partial charge in [0, 0.05) is 18.7 Å². The molecular weight excluding hydrogens is 378 g/mol. The van der Waals surface area contributed by atoms with Gasteiger partial charge in [-0.2, -0.15) is 0 Å². The van der Waals surface area contributed by atoms with Crippen LogP contribution in [0.3, 0.4) is 0 Å². The molecule has 6 nitrogen and oxygen atoms in total. The average molecular weight is 405 g/mol. The molecule has 1 heterocycles. The van der Waals surface area contributed by atoms with E-state index in [0.717, 1.165) is 48.1 Å². The van der Waals surface area contributed by atoms with Crippen LogP contribution in [0, 0.1) is 6.92 Å². The molecule has 0 saturated heterocycles. The van der Waals surface area contributed by atoms with Crippen LogP contribution in [0.5, 0.6) is 0 Å². The van der Waals surface area contributed by atoms with Crippen LogP contribution in [0.15, 0.2) is 42.5 Å². The highest BCUT2D eigenvalue weighted by Crippen LogP contribution is 2.23. The lowest BCUT2D eigenvalue weighted by Gasteiger charge is -2.31. The summed E-state index contributed by atoms with van der Waals surface area (Å²) in [5.41, 5.74) is 4.09. The molecule has 1 aromatic heterocycles. The lowest BCUT2D eigenvalue weighted by atomic mass is 9.94. The van der Waals surface area contributed by atoms with Crippen molar-refractivity contribution in [2.24, 2.45) is 0 Å². The topological polar surface area (TPSA) is 75.3 Å². The van der Waals surface area contributed by atoms with Crippen LogP contribution in [0.1, 0.15) is 48.0 Å². The molecule has 3 aromatic rings. The Hall–Kier alpha value is -3.15. The highest BCUT2D eigenvalue weighted by Gasteiger charge is 2.23. The summed E-state index contributed by atoms with van der Waals surface area (Å²) in [6.07, 6.45) is 5.58. The fraction of sp³-hybridized carbons (Fsp3) is 0.375. The highest BCUT2D eigenvalue weighted by molar-refractivity contribution is 5.95. The number of likely N-dealkylation sites (N-methyl/N-ethyl adjacent to an activating group) is 1. The molecule has 0 radical (unpaired) electrons. The molecule has 6 heteroatoms. The van der Waals surface area contributed by atoms with E-state index in [4.69, 9.17) is 4.74 Å². The van der Waals surface area contributed by atoms with Crippen molar-refractivity contribution in [1.29, 1.82) is 0 Å². The zero-order valence-electron chi connectivity index (χ0n) is 17.5. The fourth-order valence-corrected chi connectivity index (χ4v) is 3.97. The Labute approximate surface area is 176 Å². The van der Waals surface area contributed by atoms with Crippen molar-refractivity contribution < 1.29 is 14.3 Å². The van der Waals surface area contributed by atoms with Crippen molar-refractivity contribution in [3.05, 3.63) is 53.6 Å². The number of hydrogen-bond acceptors (Lipinski definition) is 4. The molecule has 0 bridgehead atoms. The molecule has 1 aliphatic carbocycles. The van der Waals surface area contributed by atoms with Gasteiger partial charge in [0.2, 0.25) is 0 Å². The number of hydrogen-bond donors (Lipinski definition) is 1. The number of carbonyl (C=O) groups excluding carboxylic acids is 2. The van der Waals surface area contributed by atoms with E-state index in [1.54, 1.807) is 30.1 Å². The number of aryl methyl sites for hydroxylation is 1. The van der Waals surface area contributed by atoms with E-state index in [0.29, 0.717) is 5.56 Å². The number of H-pyrrole nitrogens is 1. The SMILES string of the molecule is Cc1ccc(-c2nc3ccc(C(=O)OCC(=O)N(C)C4CCCCC4)cc3[nH]2)cc1. The number of ether oxygens (including phenoxy) is 1. The predicted molar refractivity (Wildman–Crippen MR) is 116 cm³/mol. The number of imidazole rings is 1. The van der Waals surface area contributed by atoms with Crippen molar-refractivity contribution in [3.63, 3.8) is 0 Å². The second-order valence-corrected chi connectivity index (χ2v) is 8.06. The van der Waals surface area contributed by atoms with Crippen LogP contribution in [0.2, 0.25) is 0 Å². The maximum atomic E-state index is 12.5. The normalized spacial score (nSPS) is 14.6. The molecule has 1 aliphatic rings. The Bertz CT molecular complexity index is 1050. The Kier molecular flexibility index (Phi) is 5.84. The van der Waals surface area contributed by atoms with E-state index in [1.165, 1.54) is 12.0 Å². The van der Waals surface area contributed by atoms with Gasteiger partial charge >= 0.3 is 5.97 Å². The van der Waals surface area contributed by atoms with Gasteiger partial charge in [0.25, 0.3) is 5.91 Å². The van der Waals surface area contributed by atoms with E-state index >= 15 is 0 Å². The Morgan fingerprint density at radius 2 is 1.83 bits per heavy atom. The smallest absolute Gasteiger partial charge is 0.338 e. The number of fused-ring (bicyclic) bond motifs is 1. The van der Waals surface area contributed by atoms with E-state index < -0.39 is 5.97 Å². The highest BCUT2D eigenvalue weighted by atomic mass is 16.5. The number of nitrogens with one attached hydrogen (secondary N) is 1. The number of amides is 1. The molecule has 1 fully saturated rings. The zero-order chi connectivity index (χ0) is 21.1. The van der Waals surface area contributed by atoms with Crippen molar-refractivity contribution in [2.75, 3.05) is 13.7 Å². The second-order valence-electron chi connectivity index (χ2n) is 8.06. The van der Waals surface area contributed by atoms with Crippen LogP contribution in [-0.2, 0) is 9.53 Å². The summed E-state index contributed by atoms with van der Waals surface area (Å²) < 4.78 is 5.29. The summed E-state index contributed by atoms with van der Waals surface area (Å²) in [4.78, 5) is 34.5. The first-order chi connectivity index (χ1) is 14.5. The minimum Gasteiger partial charge on any atom is -0.452 e. The van der Waals surface area contributed by atoms with Gasteiger partial charge in [0.15, 0.2) is 6.61 Å². The maximum absolute atomic E-state index is 12.5. The summed E-state index contributed by atoms with van der Waals surface area (Å²) in [5.74, 6) is 0.0908. The molecule has 0 aliphatic heterocycles. The minimum atomic E-state index is -0.506. The van der Waals surface area contributed by atoms with E-state index in [1.807, 2.05) is 31.2 Å². The second kappa shape index (κ2) is 8.69. The van der Waals surface area contributed by atoms with Gasteiger partial charge in [0.1, 0.15) is 5.82 Å². The van der Waals surface area contributed by atoms with Gasteiger partial charge in [-0.05, 0) is 38.0 Å². The number of aromatic amines is 1. The summed E-state index contributed by atoms with van der Waals surface area (Å²) >= 11 is 0. The zero-order valence-corrected chi connectivity index (χ0v) is 17.5. The molecular formula is C24H27N3O3.